The Balaban J connectivity index is -0.0000000450. The molecule has 0 aromatic rings. The van der Waals surface area contributed by atoms with Gasteiger partial charge >= 0.3 is 0 Å². The monoisotopic (exact) mass is 144 g/mol. The molecule has 0 bridgehead atoms. The molecule has 0 aliphatic rings. The van der Waals surface area contributed by atoms with Crippen molar-refractivity contribution in [3.8, 4) is 0 Å². The smallest absolute Gasteiger partial charge is 0.0428 e. The first-order valence-corrected chi connectivity index (χ1v) is 1.52. The molecule has 6 heavy (non-hydrogen) atoms. The summed E-state index contributed by atoms with van der Waals surface area (Å²) in [5.74, 6) is 0. The zero-order chi connectivity index (χ0) is 3.41. The molecule has 0 aromatic heterocycles. The van der Waals surface area contributed by atoms with Gasteiger partial charge in [0.15, 0.2) is 0 Å². The van der Waals surface area contributed by atoms with Crippen LogP contribution in [0.1, 0.15) is 13.3 Å². The van der Waals surface area contributed by atoms with Crippen molar-refractivity contribution < 1.29 is 26.8 Å². The van der Waals surface area contributed by atoms with Gasteiger partial charge in [0.1, 0.15) is 0 Å². The second-order valence-electron chi connectivity index (χ2n) is 0.724. The first kappa shape index (κ1) is 15.8. The van der Waals surface area contributed by atoms with E-state index in [2.05, 4.69) is 0 Å². The molecule has 0 aromatic carbocycles. The Morgan fingerprint density at radius 1 is 1.50 bits per heavy atom. The van der Waals surface area contributed by atoms with E-state index in [-0.39, 0.29) is 34.1 Å². The molecule has 1 N–H and O–H groups in total. The van der Waals surface area contributed by atoms with Crippen molar-refractivity contribution in [3.63, 3.8) is 0 Å². The molecule has 0 rings (SSSR count). The van der Waals surface area contributed by atoms with E-state index in [4.69, 9.17) is 5.11 Å². The maximum absolute atomic E-state index is 7.88. The van der Waals surface area contributed by atoms with E-state index in [9.17, 15) is 0 Å². The van der Waals surface area contributed by atoms with Gasteiger partial charge in [-0.25, -0.2) is 0 Å². The number of halogens is 1. The number of aliphatic hydroxyl groups is 1. The summed E-state index contributed by atoms with van der Waals surface area (Å²) in [6.45, 7) is 2.25. The predicted molar refractivity (Wildman–Crippen MR) is 24.6 cm³/mol. The maximum Gasteiger partial charge on any atom is 0.0428 e. The summed E-state index contributed by atoms with van der Waals surface area (Å²) in [6, 6.07) is 0. The van der Waals surface area contributed by atoms with Crippen LogP contribution in [0.2, 0.25) is 0 Å². The van der Waals surface area contributed by atoms with Crippen molar-refractivity contribution in [2.45, 2.75) is 13.3 Å². The Morgan fingerprint density at radius 3 is 1.67 bits per heavy atom. The molecule has 0 heterocycles. The summed E-state index contributed by atoms with van der Waals surface area (Å²) in [5, 5.41) is 7.88. The van der Waals surface area contributed by atoms with Crippen molar-refractivity contribution in [3.05, 3.63) is 0 Å². The topological polar surface area (TPSA) is 20.2 Å². The van der Waals surface area contributed by atoms with Gasteiger partial charge in [0, 0.05) is 28.3 Å². The van der Waals surface area contributed by atoms with E-state index in [1.807, 2.05) is 6.92 Å². The van der Waals surface area contributed by atoms with Crippen molar-refractivity contribution in [1.29, 1.82) is 0 Å². The Hall–Kier alpha value is 0.964. The molecule has 0 amide bonds. The largest absolute Gasteiger partial charge is 0.396 e. The molecule has 0 radical (unpaired) electrons. The van der Waals surface area contributed by atoms with Crippen LogP contribution in [0.15, 0.2) is 0 Å². The van der Waals surface area contributed by atoms with Crippen LogP contribution in [0.5, 0.6) is 0 Å². The van der Waals surface area contributed by atoms with Crippen molar-refractivity contribution in [2.24, 2.45) is 0 Å². The van der Waals surface area contributed by atoms with Crippen molar-refractivity contribution in [1.82, 2.24) is 0 Å². The van der Waals surface area contributed by atoms with Crippen LogP contribution in [0, 0.1) is 0 Å². The fourth-order valence-corrected chi connectivity index (χ4v) is 0. The standard InChI is InChI=1S/C3H8O.ClH.Ti/c1-2-3-4;;/h4H,2-3H2,1H3;1H;. The van der Waals surface area contributed by atoms with E-state index >= 15 is 0 Å². The molecular formula is C3H9ClOTi. The molecule has 0 saturated heterocycles. The molecule has 1 nitrogen and oxygen atoms in total. The number of aliphatic hydroxyl groups excluding tert-OH is 1. The van der Waals surface area contributed by atoms with E-state index in [1.54, 1.807) is 0 Å². The summed E-state index contributed by atoms with van der Waals surface area (Å²) in [6.07, 6.45) is 0.875. The molecule has 3 heteroatoms. The molecule has 0 aliphatic heterocycles. The Kier molecular flexibility index (Phi) is 43.9. The molecular weight excluding hydrogens is 135 g/mol. The van der Waals surface area contributed by atoms with Crippen LogP contribution < -0.4 is 0 Å². The second kappa shape index (κ2) is 16.7. The number of hydrogen-bond donors (Lipinski definition) is 1. The second-order valence-corrected chi connectivity index (χ2v) is 0.724. The number of hydrogen-bond acceptors (Lipinski definition) is 1. The minimum atomic E-state index is 0. The molecule has 38 valence electrons. The van der Waals surface area contributed by atoms with Crippen LogP contribution in [-0.4, -0.2) is 11.7 Å². The van der Waals surface area contributed by atoms with Crippen LogP contribution in [0.3, 0.4) is 0 Å². The Labute approximate surface area is 59.4 Å². The summed E-state index contributed by atoms with van der Waals surface area (Å²) in [4.78, 5) is 0. The SMILES string of the molecule is CCCO.Cl.[Ti]. The van der Waals surface area contributed by atoms with Gasteiger partial charge < -0.3 is 5.11 Å². The van der Waals surface area contributed by atoms with Crippen LogP contribution in [0.25, 0.3) is 0 Å². The summed E-state index contributed by atoms with van der Waals surface area (Å²) < 4.78 is 0. The first-order chi connectivity index (χ1) is 1.91. The third-order valence-electron chi connectivity index (χ3n) is 0.224. The third kappa shape index (κ3) is 20.2. The summed E-state index contributed by atoms with van der Waals surface area (Å²) >= 11 is 0. The zero-order valence-corrected chi connectivity index (χ0v) is 6.15. The fraction of sp³-hybridized carbons (Fsp3) is 1.00. The zero-order valence-electron chi connectivity index (χ0n) is 3.77. The normalized spacial score (nSPS) is 5.00. The van der Waals surface area contributed by atoms with Gasteiger partial charge in [-0.1, -0.05) is 6.92 Å². The van der Waals surface area contributed by atoms with Gasteiger partial charge in [-0.2, -0.15) is 0 Å². The van der Waals surface area contributed by atoms with Gasteiger partial charge in [0.2, 0.25) is 0 Å². The summed E-state index contributed by atoms with van der Waals surface area (Å²) in [5.41, 5.74) is 0. The van der Waals surface area contributed by atoms with Crippen molar-refractivity contribution >= 4 is 12.4 Å². The molecule has 0 aliphatic carbocycles. The molecule has 0 unspecified atom stereocenters. The van der Waals surface area contributed by atoms with Gasteiger partial charge in [0.25, 0.3) is 0 Å². The third-order valence-corrected chi connectivity index (χ3v) is 0.224. The molecule has 0 saturated carbocycles. The molecule has 0 spiro atoms. The van der Waals surface area contributed by atoms with Crippen molar-refractivity contribution in [2.75, 3.05) is 6.61 Å². The van der Waals surface area contributed by atoms with E-state index in [0.29, 0.717) is 6.61 Å². The minimum absolute atomic E-state index is 0. The van der Waals surface area contributed by atoms with Crippen LogP contribution >= 0.6 is 12.4 Å². The Morgan fingerprint density at radius 2 is 1.67 bits per heavy atom. The average Bonchev–Trinajstić information content (AvgIpc) is 1.37. The van der Waals surface area contributed by atoms with Crippen LogP contribution in [0.4, 0.5) is 0 Å². The maximum atomic E-state index is 7.88. The fourth-order valence-electron chi connectivity index (χ4n) is 0. The average molecular weight is 144 g/mol. The summed E-state index contributed by atoms with van der Waals surface area (Å²) in [7, 11) is 0. The van der Waals surface area contributed by atoms with E-state index in [1.165, 1.54) is 0 Å². The van der Waals surface area contributed by atoms with Gasteiger partial charge in [-0.3, -0.25) is 0 Å². The van der Waals surface area contributed by atoms with Crippen LogP contribution in [-0.2, 0) is 21.7 Å². The Bertz CT molecular complexity index is 12.8. The predicted octanol–water partition coefficient (Wildman–Crippen LogP) is 0.808. The van der Waals surface area contributed by atoms with Gasteiger partial charge in [0.05, 0.1) is 0 Å². The van der Waals surface area contributed by atoms with E-state index in [0.717, 1.165) is 6.42 Å². The minimum Gasteiger partial charge on any atom is -0.396 e. The van der Waals surface area contributed by atoms with Gasteiger partial charge in [-0.05, 0) is 6.42 Å². The first-order valence-electron chi connectivity index (χ1n) is 1.52. The molecule has 0 atom stereocenters. The number of rotatable bonds is 1. The van der Waals surface area contributed by atoms with E-state index < -0.39 is 0 Å². The molecule has 0 fully saturated rings. The van der Waals surface area contributed by atoms with Gasteiger partial charge in [-0.15, -0.1) is 12.4 Å². The quantitative estimate of drug-likeness (QED) is 0.540.